The Kier molecular flexibility index (Phi) is 7.29. The van der Waals surface area contributed by atoms with Gasteiger partial charge in [0.2, 0.25) is 0 Å². The first-order valence-corrected chi connectivity index (χ1v) is 8.35. The van der Waals surface area contributed by atoms with Crippen molar-refractivity contribution in [2.24, 2.45) is 0 Å². The molecule has 0 radical (unpaired) electrons. The number of hydrogen-bond acceptors (Lipinski definition) is 5. The lowest BCUT2D eigenvalue weighted by atomic mass is 10.2. The molecule has 0 fully saturated rings. The Morgan fingerprint density at radius 1 is 1.12 bits per heavy atom. The van der Waals surface area contributed by atoms with Crippen LogP contribution in [-0.4, -0.2) is 32.2 Å². The molecule has 2 aromatic carbocycles. The van der Waals surface area contributed by atoms with Crippen LogP contribution in [0, 0.1) is 6.92 Å². The zero-order chi connectivity index (χ0) is 18.9. The topological polar surface area (TPSA) is 73.9 Å². The molecule has 138 valence electrons. The van der Waals surface area contributed by atoms with Crippen LogP contribution in [0.3, 0.4) is 0 Å². The maximum atomic E-state index is 11.8. The number of carbonyl (C=O) groups is 2. The number of carbonyl (C=O) groups excluding carboxylic acids is 2. The summed E-state index contributed by atoms with van der Waals surface area (Å²) in [7, 11) is 1.54. The van der Waals surface area contributed by atoms with E-state index in [4.69, 9.17) is 25.8 Å². The molecule has 0 spiro atoms. The number of rotatable bonds is 8. The highest BCUT2D eigenvalue weighted by atomic mass is 35.5. The van der Waals surface area contributed by atoms with Gasteiger partial charge in [0.05, 0.1) is 30.8 Å². The Hall–Kier alpha value is -2.73. The maximum Gasteiger partial charge on any atom is 0.309 e. The minimum Gasteiger partial charge on any atom is -0.493 e. The standard InChI is InChI=1S/C19H20ClNO5/c1-13-7-8-15(14(20)11-13)21-18(22)12-26-19(23)9-10-25-17-6-4-3-5-16(17)24-2/h3-8,11H,9-10,12H2,1-2H3,(H,21,22). The van der Waals surface area contributed by atoms with Crippen LogP contribution in [0.4, 0.5) is 5.69 Å². The van der Waals surface area contributed by atoms with Crippen LogP contribution >= 0.6 is 11.6 Å². The zero-order valence-electron chi connectivity index (χ0n) is 14.6. The molecule has 0 aliphatic carbocycles. The van der Waals surface area contributed by atoms with Crippen molar-refractivity contribution in [3.8, 4) is 11.5 Å². The van der Waals surface area contributed by atoms with Gasteiger partial charge in [0, 0.05) is 0 Å². The molecule has 0 saturated carbocycles. The highest BCUT2D eigenvalue weighted by Gasteiger charge is 2.11. The zero-order valence-corrected chi connectivity index (χ0v) is 15.3. The fraction of sp³-hybridized carbons (Fsp3) is 0.263. The number of ether oxygens (including phenoxy) is 3. The second-order valence-corrected chi connectivity index (χ2v) is 5.85. The lowest BCUT2D eigenvalue weighted by molar-refractivity contribution is -0.147. The molecule has 0 heterocycles. The Morgan fingerprint density at radius 3 is 2.54 bits per heavy atom. The van der Waals surface area contributed by atoms with Crippen LogP contribution in [0.25, 0.3) is 0 Å². The fourth-order valence-electron chi connectivity index (χ4n) is 2.11. The molecule has 7 heteroatoms. The lowest BCUT2D eigenvalue weighted by Crippen LogP contribution is -2.21. The van der Waals surface area contributed by atoms with Crippen molar-refractivity contribution in [2.45, 2.75) is 13.3 Å². The van der Waals surface area contributed by atoms with Crippen LogP contribution in [0.2, 0.25) is 5.02 Å². The first-order chi connectivity index (χ1) is 12.5. The summed E-state index contributed by atoms with van der Waals surface area (Å²) in [6.07, 6.45) is 0.0105. The quantitative estimate of drug-likeness (QED) is 0.711. The number of esters is 1. The largest absolute Gasteiger partial charge is 0.493 e. The molecule has 0 bridgehead atoms. The van der Waals surface area contributed by atoms with Crippen LogP contribution in [0.1, 0.15) is 12.0 Å². The van der Waals surface area contributed by atoms with Gasteiger partial charge in [-0.2, -0.15) is 0 Å². The summed E-state index contributed by atoms with van der Waals surface area (Å²) in [5, 5.41) is 3.02. The number of amides is 1. The highest BCUT2D eigenvalue weighted by molar-refractivity contribution is 6.33. The number of para-hydroxylation sites is 2. The third kappa shape index (κ3) is 5.97. The van der Waals surface area contributed by atoms with E-state index in [0.717, 1.165) is 5.56 Å². The molecule has 2 aromatic rings. The summed E-state index contributed by atoms with van der Waals surface area (Å²) in [5.74, 6) is 0.115. The Morgan fingerprint density at radius 2 is 1.85 bits per heavy atom. The summed E-state index contributed by atoms with van der Waals surface area (Å²) in [6.45, 7) is 1.62. The van der Waals surface area contributed by atoms with Crippen LogP contribution in [0.15, 0.2) is 42.5 Å². The number of benzene rings is 2. The Bertz CT molecular complexity index is 778. The van der Waals surface area contributed by atoms with Gasteiger partial charge in [0.25, 0.3) is 5.91 Å². The molecule has 0 atom stereocenters. The van der Waals surface area contributed by atoms with Gasteiger partial charge in [-0.05, 0) is 36.8 Å². The van der Waals surface area contributed by atoms with Crippen molar-refractivity contribution in [1.82, 2.24) is 0 Å². The highest BCUT2D eigenvalue weighted by Crippen LogP contribution is 2.25. The van der Waals surface area contributed by atoms with Crippen molar-refractivity contribution in [3.63, 3.8) is 0 Å². The van der Waals surface area contributed by atoms with E-state index in [2.05, 4.69) is 5.32 Å². The predicted octanol–water partition coefficient (Wildman–Crippen LogP) is 3.61. The molecular formula is C19H20ClNO5. The Labute approximate surface area is 157 Å². The van der Waals surface area contributed by atoms with Crippen molar-refractivity contribution in [2.75, 3.05) is 25.6 Å². The van der Waals surface area contributed by atoms with Gasteiger partial charge in [-0.3, -0.25) is 9.59 Å². The van der Waals surface area contributed by atoms with E-state index in [9.17, 15) is 9.59 Å². The van der Waals surface area contributed by atoms with E-state index in [-0.39, 0.29) is 13.0 Å². The molecule has 1 amide bonds. The van der Waals surface area contributed by atoms with Crippen molar-refractivity contribution < 1.29 is 23.8 Å². The molecule has 2 rings (SSSR count). The van der Waals surface area contributed by atoms with Crippen LogP contribution in [-0.2, 0) is 14.3 Å². The SMILES string of the molecule is COc1ccccc1OCCC(=O)OCC(=O)Nc1ccc(C)cc1Cl. The monoisotopic (exact) mass is 377 g/mol. The first-order valence-electron chi connectivity index (χ1n) is 7.97. The van der Waals surface area contributed by atoms with Gasteiger partial charge in [-0.15, -0.1) is 0 Å². The van der Waals surface area contributed by atoms with E-state index in [1.807, 2.05) is 19.1 Å². The summed E-state index contributed by atoms with van der Waals surface area (Å²) in [5.41, 5.74) is 1.45. The minimum atomic E-state index is -0.537. The first kappa shape index (κ1) is 19.6. The van der Waals surface area contributed by atoms with Gasteiger partial charge < -0.3 is 19.5 Å². The van der Waals surface area contributed by atoms with Gasteiger partial charge in [-0.1, -0.05) is 29.8 Å². The Balaban J connectivity index is 1.72. The molecule has 0 aromatic heterocycles. The average Bonchev–Trinajstić information content (AvgIpc) is 2.63. The third-order valence-electron chi connectivity index (χ3n) is 3.40. The van der Waals surface area contributed by atoms with Crippen LogP contribution < -0.4 is 14.8 Å². The van der Waals surface area contributed by atoms with E-state index >= 15 is 0 Å². The van der Waals surface area contributed by atoms with E-state index in [0.29, 0.717) is 22.2 Å². The molecule has 0 saturated heterocycles. The summed E-state index contributed by atoms with van der Waals surface area (Å²) in [4.78, 5) is 23.6. The minimum absolute atomic E-state index is 0.0105. The lowest BCUT2D eigenvalue weighted by Gasteiger charge is -2.10. The predicted molar refractivity (Wildman–Crippen MR) is 98.9 cm³/mol. The van der Waals surface area contributed by atoms with Gasteiger partial charge in [0.1, 0.15) is 0 Å². The normalized spacial score (nSPS) is 10.1. The molecule has 26 heavy (non-hydrogen) atoms. The number of methoxy groups -OCH3 is 1. The van der Waals surface area contributed by atoms with Crippen LogP contribution in [0.5, 0.6) is 11.5 Å². The van der Waals surface area contributed by atoms with Gasteiger partial charge in [0.15, 0.2) is 18.1 Å². The van der Waals surface area contributed by atoms with Crippen molar-refractivity contribution in [1.29, 1.82) is 0 Å². The van der Waals surface area contributed by atoms with Gasteiger partial charge >= 0.3 is 5.97 Å². The smallest absolute Gasteiger partial charge is 0.309 e. The number of nitrogens with one attached hydrogen (secondary N) is 1. The molecule has 1 N–H and O–H groups in total. The number of aryl methyl sites for hydroxylation is 1. The number of anilines is 1. The fourth-order valence-corrected chi connectivity index (χ4v) is 2.39. The molecule has 0 aliphatic rings. The second-order valence-electron chi connectivity index (χ2n) is 5.44. The summed E-state index contributed by atoms with van der Waals surface area (Å²) >= 11 is 6.04. The molecule has 0 unspecified atom stereocenters. The molecule has 6 nitrogen and oxygen atoms in total. The van der Waals surface area contributed by atoms with Crippen molar-refractivity contribution in [3.05, 3.63) is 53.1 Å². The molecule has 0 aliphatic heterocycles. The van der Waals surface area contributed by atoms with E-state index in [1.165, 1.54) is 7.11 Å². The number of halogens is 1. The second kappa shape index (κ2) is 9.68. The maximum absolute atomic E-state index is 11.8. The third-order valence-corrected chi connectivity index (χ3v) is 3.71. The number of hydrogen-bond donors (Lipinski definition) is 1. The summed E-state index contributed by atoms with van der Waals surface area (Å²) in [6, 6.07) is 12.4. The summed E-state index contributed by atoms with van der Waals surface area (Å²) < 4.78 is 15.6. The average molecular weight is 378 g/mol. The van der Waals surface area contributed by atoms with Gasteiger partial charge in [-0.25, -0.2) is 0 Å². The molecular weight excluding hydrogens is 358 g/mol. The van der Waals surface area contributed by atoms with E-state index < -0.39 is 18.5 Å². The van der Waals surface area contributed by atoms with E-state index in [1.54, 1.807) is 30.3 Å². The van der Waals surface area contributed by atoms with Crippen molar-refractivity contribution >= 4 is 29.2 Å².